The summed E-state index contributed by atoms with van der Waals surface area (Å²) in [7, 11) is 7.02. The number of piperidine rings is 2. The summed E-state index contributed by atoms with van der Waals surface area (Å²) < 4.78 is 35.4. The number of anilines is 1. The highest BCUT2D eigenvalue weighted by molar-refractivity contribution is 7.13. The zero-order valence-electron chi connectivity index (χ0n) is 48.6. The van der Waals surface area contributed by atoms with Gasteiger partial charge in [-0.25, -0.2) is 9.37 Å². The number of nitrogens with one attached hydrogen (secondary N) is 1. The number of pyridine rings is 1. The van der Waals surface area contributed by atoms with Gasteiger partial charge < -0.3 is 34.2 Å². The van der Waals surface area contributed by atoms with Gasteiger partial charge >= 0.3 is 6.01 Å². The third kappa shape index (κ3) is 12.4. The van der Waals surface area contributed by atoms with E-state index in [-0.39, 0.29) is 64.3 Å². The number of carbonyl (C=O) groups is 2. The van der Waals surface area contributed by atoms with E-state index in [2.05, 4.69) is 32.2 Å². The quantitative estimate of drug-likeness (QED) is 0.0826. The minimum absolute atomic E-state index is 0.0392. The van der Waals surface area contributed by atoms with Crippen molar-refractivity contribution < 1.29 is 33.1 Å². The molecule has 3 aliphatic heterocycles. The second-order valence-corrected chi connectivity index (χ2v) is 23.0. The minimum Gasteiger partial charge on any atom is -0.508 e. The van der Waals surface area contributed by atoms with Crippen LogP contribution in [-0.4, -0.2) is 118 Å². The Kier molecular flexibility index (Phi) is 19.0. The molecule has 4 aromatic heterocycles. The standard InChI is InChI=1S/C59H67BFN9O6S.2C2H6/c1-6-40-9-7-10-43-26-44(71)27-45(50(40)43)52-51(61)53-46(29-62-52)55(69-30-38-12-13-39(25-38)31-69)66-58(65-53)74-24-23-68-21-18-37(19-22-68)32-75-49-28-48(76-67-49)59(60,34(2)3)57(73)70-20-8-11-47(70)56(72)64-35(4)41-14-16-42(17-15-41)54-36(5)63-33-77-54;2*1-2/h7,9-10,14-17,26-29,33-35,37-39,47,71H,6,8,11-13,18-25,30-32H2,1-5H3,(H,64,72);2*1-2H3/t35-,38?,39?,47-,59?;;/m0../s1. The molecule has 18 heteroatoms. The van der Waals surface area contributed by atoms with Gasteiger partial charge in [0.05, 0.1) is 47.3 Å². The summed E-state index contributed by atoms with van der Waals surface area (Å²) in [4.78, 5) is 54.4. The van der Waals surface area contributed by atoms with Crippen LogP contribution in [0.2, 0.25) is 0 Å². The third-order valence-electron chi connectivity index (χ3n) is 16.8. The number of thiazole rings is 1. The van der Waals surface area contributed by atoms with Crippen molar-refractivity contribution in [3.05, 3.63) is 101 Å². The molecule has 4 fully saturated rings. The average molecular weight is 1120 g/mol. The highest BCUT2D eigenvalue weighted by Gasteiger charge is 2.48. The molecule has 2 N–H and O–H groups in total. The topological polar surface area (TPSA) is 172 Å². The number of aryl methyl sites for hydroxylation is 2. The number of nitrogens with zero attached hydrogens (tertiary/aromatic N) is 8. The first kappa shape index (κ1) is 59.0. The van der Waals surface area contributed by atoms with Crippen LogP contribution in [0.4, 0.5) is 10.2 Å². The van der Waals surface area contributed by atoms with E-state index in [1.807, 2.05) is 103 Å². The summed E-state index contributed by atoms with van der Waals surface area (Å²) >= 11 is 1.60. The van der Waals surface area contributed by atoms with Crippen LogP contribution in [0.1, 0.15) is 129 Å². The number of fused-ring (bicyclic) bond motifs is 4. The van der Waals surface area contributed by atoms with Crippen LogP contribution >= 0.6 is 11.3 Å². The first-order chi connectivity index (χ1) is 39.2. The number of aromatic nitrogens is 5. The number of amides is 2. The molecule has 4 aliphatic rings. The normalized spacial score (nSPS) is 19.4. The number of hydrogen-bond donors (Lipinski definition) is 2. The number of phenols is 1. The van der Waals surface area contributed by atoms with Crippen molar-refractivity contribution in [2.75, 3.05) is 57.4 Å². The molecule has 1 saturated carbocycles. The molecule has 3 unspecified atom stereocenters. The van der Waals surface area contributed by atoms with E-state index in [0.29, 0.717) is 67.7 Å². The maximum absolute atomic E-state index is 17.1. The molecule has 2 radical (unpaired) electrons. The minimum atomic E-state index is -1.58. The molecule has 0 spiro atoms. The van der Waals surface area contributed by atoms with Gasteiger partial charge in [-0.15, -0.1) is 11.3 Å². The number of ether oxygens (including phenoxy) is 2. The summed E-state index contributed by atoms with van der Waals surface area (Å²) in [5, 5.41) is 18.7. The molecule has 1 aliphatic carbocycles. The van der Waals surface area contributed by atoms with E-state index in [1.54, 1.807) is 40.6 Å². The van der Waals surface area contributed by atoms with Crippen LogP contribution in [0.25, 0.3) is 43.4 Å². The Morgan fingerprint density at radius 3 is 2.37 bits per heavy atom. The van der Waals surface area contributed by atoms with Crippen molar-refractivity contribution in [3.63, 3.8) is 0 Å². The van der Waals surface area contributed by atoms with E-state index < -0.39 is 17.2 Å². The Hall–Kier alpha value is -6.66. The number of carbonyl (C=O) groups excluding carboxylic acids is 2. The molecular formula is C63H79BFN9O6S. The number of phenolic OH excluding ortho intramolecular Hbond substituents is 1. The lowest BCUT2D eigenvalue weighted by Crippen LogP contribution is -2.55. The van der Waals surface area contributed by atoms with Gasteiger partial charge in [-0.2, -0.15) is 9.97 Å². The molecule has 15 nitrogen and oxygen atoms in total. The van der Waals surface area contributed by atoms with Gasteiger partial charge in [0.2, 0.25) is 11.8 Å². The zero-order chi connectivity index (χ0) is 57.5. The van der Waals surface area contributed by atoms with Gasteiger partial charge in [-0.1, -0.05) is 90.9 Å². The number of hydrogen-bond acceptors (Lipinski definition) is 14. The van der Waals surface area contributed by atoms with Gasteiger partial charge in [0.1, 0.15) is 41.2 Å². The summed E-state index contributed by atoms with van der Waals surface area (Å²) in [6.07, 6.45) is 8.95. The highest BCUT2D eigenvalue weighted by atomic mass is 32.1. The van der Waals surface area contributed by atoms with Gasteiger partial charge in [0.15, 0.2) is 5.82 Å². The fourth-order valence-electron chi connectivity index (χ4n) is 12.3. The Morgan fingerprint density at radius 2 is 1.68 bits per heavy atom. The highest BCUT2D eigenvalue weighted by Crippen LogP contribution is 2.43. The third-order valence-corrected chi connectivity index (χ3v) is 17.8. The molecule has 7 heterocycles. The second-order valence-electron chi connectivity index (χ2n) is 22.1. The molecule has 11 rings (SSSR count). The molecule has 2 bridgehead atoms. The van der Waals surface area contributed by atoms with Gasteiger partial charge in [0.25, 0.3) is 5.88 Å². The van der Waals surface area contributed by atoms with E-state index in [0.717, 1.165) is 83.5 Å². The van der Waals surface area contributed by atoms with Crippen molar-refractivity contribution >= 4 is 58.5 Å². The maximum Gasteiger partial charge on any atom is 0.319 e. The summed E-state index contributed by atoms with van der Waals surface area (Å²) in [5.41, 5.74) is 6.70. The lowest BCUT2D eigenvalue weighted by atomic mass is 9.59. The van der Waals surface area contributed by atoms with Crippen molar-refractivity contribution in [1.29, 1.82) is 0 Å². The molecule has 7 aromatic rings. The fraction of sp³-hybridized carbons (Fsp3) is 0.508. The molecule has 3 saturated heterocycles. The van der Waals surface area contributed by atoms with Crippen LogP contribution in [0.5, 0.6) is 17.6 Å². The van der Waals surface area contributed by atoms with Gasteiger partial charge in [-0.05, 0) is 147 Å². The lowest BCUT2D eigenvalue weighted by molar-refractivity contribution is -0.142. The van der Waals surface area contributed by atoms with E-state index in [4.69, 9.17) is 36.8 Å². The summed E-state index contributed by atoms with van der Waals surface area (Å²) in [5.74, 6) is 0.968. The Morgan fingerprint density at radius 1 is 0.938 bits per heavy atom. The number of likely N-dealkylation sites (tertiary alicyclic amines) is 2. The summed E-state index contributed by atoms with van der Waals surface area (Å²) in [6.45, 7) is 22.8. The summed E-state index contributed by atoms with van der Waals surface area (Å²) in [6, 6.07) is 18.1. The molecule has 428 valence electrons. The van der Waals surface area contributed by atoms with Crippen molar-refractivity contribution in [2.45, 2.75) is 131 Å². The molecule has 3 aromatic carbocycles. The van der Waals surface area contributed by atoms with E-state index in [9.17, 15) is 14.7 Å². The molecular weight excluding hydrogens is 1040 g/mol. The first-order valence-corrected chi connectivity index (χ1v) is 30.4. The first-order valence-electron chi connectivity index (χ1n) is 29.5. The Labute approximate surface area is 481 Å². The van der Waals surface area contributed by atoms with E-state index in [1.165, 1.54) is 19.3 Å². The average Bonchev–Trinajstić information content (AvgIpc) is 4.40. The fourth-order valence-corrected chi connectivity index (χ4v) is 13.1. The largest absolute Gasteiger partial charge is 0.508 e. The van der Waals surface area contributed by atoms with Crippen LogP contribution in [0, 0.1) is 36.4 Å². The SMILES string of the molecule is CC.CC.[B]C(C(=O)N1CCC[C@H]1C(=O)N[C@@H](C)c1ccc(-c2scnc2C)cc1)(c1cc(OCC2CCN(CCOc3nc(N4CC5CCC(C5)C4)c4cnc(-c5cc(O)cc6cccc(CC)c56)c(F)c4n3)CC2)no1)C(C)C. The number of halogens is 1. The number of benzene rings is 3. The van der Waals surface area contributed by atoms with Gasteiger partial charge in [0, 0.05) is 44.0 Å². The molecule has 5 atom stereocenters. The number of rotatable bonds is 17. The molecule has 81 heavy (non-hydrogen) atoms. The van der Waals surface area contributed by atoms with Gasteiger partial charge in [-0.3, -0.25) is 19.5 Å². The van der Waals surface area contributed by atoms with Crippen LogP contribution in [0.15, 0.2) is 76.9 Å². The predicted octanol–water partition coefficient (Wildman–Crippen LogP) is 12.0. The zero-order valence-corrected chi connectivity index (χ0v) is 49.5. The Bertz CT molecular complexity index is 3280. The predicted molar refractivity (Wildman–Crippen MR) is 320 cm³/mol. The van der Waals surface area contributed by atoms with E-state index >= 15 is 4.39 Å². The lowest BCUT2D eigenvalue weighted by Gasteiger charge is -2.36. The smallest absolute Gasteiger partial charge is 0.319 e. The van der Waals surface area contributed by atoms with Crippen LogP contribution in [-0.2, 0) is 21.3 Å². The Balaban J connectivity index is 0.00000194. The van der Waals surface area contributed by atoms with Crippen molar-refractivity contribution in [2.24, 2.45) is 23.7 Å². The molecule has 2 amide bonds. The second kappa shape index (κ2) is 26.1. The van der Waals surface area contributed by atoms with Crippen LogP contribution < -0.4 is 19.7 Å². The van der Waals surface area contributed by atoms with Crippen molar-refractivity contribution in [3.8, 4) is 39.3 Å². The maximum atomic E-state index is 17.1. The number of aromatic hydroxyl groups is 1. The van der Waals surface area contributed by atoms with Crippen molar-refractivity contribution in [1.82, 2.24) is 40.2 Å². The monoisotopic (exact) mass is 1120 g/mol. The van der Waals surface area contributed by atoms with Crippen LogP contribution in [0.3, 0.4) is 0 Å².